The molecule has 0 aliphatic carbocycles. The van der Waals surface area contributed by atoms with Gasteiger partial charge in [0.1, 0.15) is 6.10 Å². The standard InChI is InChI=1S/C26H24N4O3/c1-27-15-18(17-11-7-8-12-19(17)27)24-23-22-20(25(31)29(3)26(32)28(22)2)21(30(23)13-14-33-24)16-9-5-4-6-10-16/h4-12,15,24H,13-14H2,1-3H3/t24-/m0/s1. The average Bonchev–Trinajstić information content (AvgIpc) is 3.37. The van der Waals surface area contributed by atoms with Crippen LogP contribution >= 0.6 is 0 Å². The highest BCUT2D eigenvalue weighted by Crippen LogP contribution is 2.42. The number of hydrogen-bond acceptors (Lipinski definition) is 3. The Hall–Kier alpha value is -3.84. The minimum Gasteiger partial charge on any atom is -0.365 e. The van der Waals surface area contributed by atoms with Crippen molar-refractivity contribution >= 4 is 21.8 Å². The molecule has 0 spiro atoms. The molecular formula is C26H24N4O3. The average molecular weight is 441 g/mol. The molecule has 33 heavy (non-hydrogen) atoms. The molecule has 0 N–H and O–H groups in total. The van der Waals surface area contributed by atoms with Crippen molar-refractivity contribution in [3.8, 4) is 11.3 Å². The van der Waals surface area contributed by atoms with Crippen LogP contribution in [0.4, 0.5) is 0 Å². The lowest BCUT2D eigenvalue weighted by Crippen LogP contribution is -2.37. The molecule has 4 heterocycles. The lowest BCUT2D eigenvalue weighted by atomic mass is 10.0. The number of fused-ring (bicyclic) bond motifs is 4. The molecule has 0 saturated carbocycles. The molecule has 7 heteroatoms. The van der Waals surface area contributed by atoms with E-state index in [2.05, 4.69) is 27.5 Å². The van der Waals surface area contributed by atoms with Crippen LogP contribution < -0.4 is 11.2 Å². The maximum absolute atomic E-state index is 13.5. The van der Waals surface area contributed by atoms with Gasteiger partial charge >= 0.3 is 5.69 Å². The highest BCUT2D eigenvalue weighted by molar-refractivity contribution is 5.97. The molecule has 0 unspecified atom stereocenters. The molecule has 3 aromatic heterocycles. The zero-order valence-electron chi connectivity index (χ0n) is 18.8. The Morgan fingerprint density at radius 1 is 0.909 bits per heavy atom. The van der Waals surface area contributed by atoms with Gasteiger partial charge in [-0.25, -0.2) is 4.79 Å². The first-order valence-corrected chi connectivity index (χ1v) is 11.0. The Bertz CT molecular complexity index is 1670. The van der Waals surface area contributed by atoms with Crippen molar-refractivity contribution in [1.82, 2.24) is 18.3 Å². The summed E-state index contributed by atoms with van der Waals surface area (Å²) in [6.07, 6.45) is 1.69. The number of rotatable bonds is 2. The van der Waals surface area contributed by atoms with Crippen LogP contribution in [0.3, 0.4) is 0 Å². The van der Waals surface area contributed by atoms with Gasteiger partial charge in [0.05, 0.1) is 28.9 Å². The smallest absolute Gasteiger partial charge is 0.331 e. The van der Waals surface area contributed by atoms with E-state index >= 15 is 0 Å². The van der Waals surface area contributed by atoms with E-state index in [1.54, 1.807) is 11.6 Å². The Balaban J connectivity index is 1.78. The van der Waals surface area contributed by atoms with Crippen molar-refractivity contribution in [3.63, 3.8) is 0 Å². The Morgan fingerprint density at radius 2 is 1.64 bits per heavy atom. The topological polar surface area (TPSA) is 63.1 Å². The van der Waals surface area contributed by atoms with Crippen LogP contribution in [0.25, 0.3) is 33.1 Å². The van der Waals surface area contributed by atoms with E-state index in [9.17, 15) is 9.59 Å². The van der Waals surface area contributed by atoms with Gasteiger partial charge in [-0.3, -0.25) is 13.9 Å². The quantitative estimate of drug-likeness (QED) is 0.423. The zero-order valence-corrected chi connectivity index (χ0v) is 18.8. The van der Waals surface area contributed by atoms with Crippen molar-refractivity contribution in [2.24, 2.45) is 21.1 Å². The Kier molecular flexibility index (Phi) is 4.25. The molecule has 166 valence electrons. The summed E-state index contributed by atoms with van der Waals surface area (Å²) < 4.78 is 13.4. The van der Waals surface area contributed by atoms with Gasteiger partial charge in [-0.1, -0.05) is 48.5 Å². The molecule has 6 rings (SSSR count). The van der Waals surface area contributed by atoms with E-state index in [0.717, 1.165) is 33.4 Å². The van der Waals surface area contributed by atoms with Crippen molar-refractivity contribution in [2.45, 2.75) is 12.6 Å². The fourth-order valence-corrected chi connectivity index (χ4v) is 5.29. The van der Waals surface area contributed by atoms with Gasteiger partial charge in [0.25, 0.3) is 5.56 Å². The third-order valence-electron chi connectivity index (χ3n) is 6.81. The Labute approximate surface area is 189 Å². The summed E-state index contributed by atoms with van der Waals surface area (Å²) in [4.78, 5) is 26.4. The number of ether oxygens (including phenoxy) is 1. The third kappa shape index (κ3) is 2.66. The van der Waals surface area contributed by atoms with Crippen molar-refractivity contribution in [2.75, 3.05) is 6.61 Å². The molecule has 5 aromatic rings. The lowest BCUT2D eigenvalue weighted by Gasteiger charge is -2.27. The normalized spacial score (nSPS) is 15.9. The second-order valence-corrected chi connectivity index (χ2v) is 8.64. The van der Waals surface area contributed by atoms with E-state index in [0.29, 0.717) is 24.1 Å². The lowest BCUT2D eigenvalue weighted by molar-refractivity contribution is 0.0486. The van der Waals surface area contributed by atoms with Gasteiger partial charge in [-0.2, -0.15) is 0 Å². The maximum atomic E-state index is 13.5. The van der Waals surface area contributed by atoms with Crippen LogP contribution in [-0.4, -0.2) is 24.9 Å². The molecule has 0 amide bonds. The van der Waals surface area contributed by atoms with Crippen LogP contribution in [0, 0.1) is 0 Å². The summed E-state index contributed by atoms with van der Waals surface area (Å²) in [6.45, 7) is 1.11. The second-order valence-electron chi connectivity index (χ2n) is 8.64. The summed E-state index contributed by atoms with van der Waals surface area (Å²) in [6, 6.07) is 18.1. The first kappa shape index (κ1) is 19.8. The predicted molar refractivity (Wildman–Crippen MR) is 129 cm³/mol. The first-order chi connectivity index (χ1) is 16.0. The largest absolute Gasteiger partial charge is 0.365 e. The molecule has 0 saturated heterocycles. The number of benzene rings is 2. The molecular weight excluding hydrogens is 416 g/mol. The van der Waals surface area contributed by atoms with Gasteiger partial charge in [0, 0.05) is 50.4 Å². The van der Waals surface area contributed by atoms with E-state index in [1.807, 2.05) is 49.5 Å². The molecule has 7 nitrogen and oxygen atoms in total. The fraction of sp³-hybridized carbons (Fsp3) is 0.231. The van der Waals surface area contributed by atoms with Crippen LogP contribution in [-0.2, 0) is 32.4 Å². The first-order valence-electron chi connectivity index (χ1n) is 11.0. The highest BCUT2D eigenvalue weighted by atomic mass is 16.5. The molecule has 0 radical (unpaired) electrons. The van der Waals surface area contributed by atoms with E-state index in [4.69, 9.17) is 4.74 Å². The minimum absolute atomic E-state index is 0.287. The summed E-state index contributed by atoms with van der Waals surface area (Å²) in [5.41, 5.74) is 4.78. The van der Waals surface area contributed by atoms with Crippen molar-refractivity contribution < 1.29 is 4.74 Å². The van der Waals surface area contributed by atoms with Crippen LogP contribution in [0.2, 0.25) is 0 Å². The van der Waals surface area contributed by atoms with Crippen LogP contribution in [0.15, 0.2) is 70.4 Å². The maximum Gasteiger partial charge on any atom is 0.331 e. The molecule has 2 aromatic carbocycles. The number of nitrogens with zero attached hydrogens (tertiary/aromatic N) is 4. The SMILES string of the molecule is Cn1c(=O)c2c(-c3ccccc3)n3c(c2n(C)c1=O)[C@H](c1cn(C)c2ccccc12)OCC3. The van der Waals surface area contributed by atoms with Crippen molar-refractivity contribution in [1.29, 1.82) is 0 Å². The minimum atomic E-state index is -0.400. The van der Waals surface area contributed by atoms with E-state index < -0.39 is 6.10 Å². The Morgan fingerprint density at radius 3 is 2.42 bits per heavy atom. The van der Waals surface area contributed by atoms with Crippen molar-refractivity contribution in [3.05, 3.63) is 92.9 Å². The van der Waals surface area contributed by atoms with E-state index in [-0.39, 0.29) is 11.2 Å². The van der Waals surface area contributed by atoms with E-state index in [1.165, 1.54) is 11.6 Å². The van der Waals surface area contributed by atoms with Crippen LogP contribution in [0.1, 0.15) is 17.4 Å². The second kappa shape index (κ2) is 7.08. The molecule has 1 aliphatic heterocycles. The zero-order chi connectivity index (χ0) is 22.9. The molecule has 1 atom stereocenters. The summed E-state index contributed by atoms with van der Waals surface area (Å²) in [7, 11) is 5.29. The predicted octanol–water partition coefficient (Wildman–Crippen LogP) is 3.32. The summed E-state index contributed by atoms with van der Waals surface area (Å²) in [5.74, 6) is 0. The number of para-hydroxylation sites is 1. The van der Waals surface area contributed by atoms with Crippen LogP contribution in [0.5, 0.6) is 0 Å². The number of aryl methyl sites for hydroxylation is 2. The van der Waals surface area contributed by atoms with Gasteiger partial charge < -0.3 is 13.9 Å². The molecule has 1 aliphatic rings. The highest BCUT2D eigenvalue weighted by Gasteiger charge is 2.34. The fourth-order valence-electron chi connectivity index (χ4n) is 5.29. The number of aromatic nitrogens is 4. The monoisotopic (exact) mass is 440 g/mol. The third-order valence-corrected chi connectivity index (χ3v) is 6.81. The summed E-state index contributed by atoms with van der Waals surface area (Å²) >= 11 is 0. The van der Waals surface area contributed by atoms with Gasteiger partial charge in [0.15, 0.2) is 0 Å². The molecule has 0 fully saturated rings. The number of hydrogen-bond donors (Lipinski definition) is 0. The van der Waals surface area contributed by atoms with Gasteiger partial charge in [-0.15, -0.1) is 0 Å². The van der Waals surface area contributed by atoms with Gasteiger partial charge in [-0.05, 0) is 11.6 Å². The molecule has 0 bridgehead atoms. The van der Waals surface area contributed by atoms with Gasteiger partial charge in [0.2, 0.25) is 0 Å². The summed E-state index contributed by atoms with van der Waals surface area (Å²) in [5, 5.41) is 1.65.